The van der Waals surface area contributed by atoms with Gasteiger partial charge in [0, 0.05) is 36.0 Å². The summed E-state index contributed by atoms with van der Waals surface area (Å²) in [5.74, 6) is -2.74. The number of rotatable bonds is 4. The molecule has 0 bridgehead atoms. The van der Waals surface area contributed by atoms with Crippen LogP contribution in [0.5, 0.6) is 5.75 Å². The number of halogens is 3. The van der Waals surface area contributed by atoms with Crippen molar-refractivity contribution in [2.75, 3.05) is 4.90 Å². The molecule has 3 aromatic rings. The third kappa shape index (κ3) is 4.02. The number of aromatic nitrogens is 2. The van der Waals surface area contributed by atoms with Gasteiger partial charge in [-0.15, -0.1) is 13.2 Å². The number of ketones is 1. The zero-order chi connectivity index (χ0) is 22.9. The molecule has 1 aliphatic rings. The average molecular weight is 441 g/mol. The fourth-order valence-corrected chi connectivity index (χ4v) is 3.43. The zero-order valence-electron chi connectivity index (χ0n) is 16.2. The van der Waals surface area contributed by atoms with Crippen LogP contribution in [0.4, 0.5) is 18.9 Å². The highest BCUT2D eigenvalue weighted by atomic mass is 19.4. The van der Waals surface area contributed by atoms with Gasteiger partial charge in [-0.2, -0.15) is 0 Å². The van der Waals surface area contributed by atoms with E-state index in [0.717, 1.165) is 17.0 Å². The van der Waals surface area contributed by atoms with Gasteiger partial charge >= 0.3 is 6.36 Å². The van der Waals surface area contributed by atoms with E-state index in [0.29, 0.717) is 5.56 Å². The van der Waals surface area contributed by atoms with E-state index < -0.39 is 35.6 Å². The van der Waals surface area contributed by atoms with Crippen LogP contribution in [0, 0.1) is 0 Å². The Morgan fingerprint density at radius 1 is 0.906 bits per heavy atom. The van der Waals surface area contributed by atoms with Crippen molar-refractivity contribution in [3.8, 4) is 5.75 Å². The molecule has 1 unspecified atom stereocenters. The minimum absolute atomic E-state index is 0.150. The quantitative estimate of drug-likeness (QED) is 0.374. The van der Waals surface area contributed by atoms with Gasteiger partial charge in [-0.1, -0.05) is 0 Å². The molecule has 1 aliphatic heterocycles. The lowest BCUT2D eigenvalue weighted by Gasteiger charge is -2.25. The van der Waals surface area contributed by atoms with E-state index in [1.54, 1.807) is 12.1 Å². The van der Waals surface area contributed by atoms with Gasteiger partial charge in [-0.05, 0) is 54.1 Å². The molecule has 0 aliphatic carbocycles. The summed E-state index contributed by atoms with van der Waals surface area (Å²) in [6.45, 7) is 0. The summed E-state index contributed by atoms with van der Waals surface area (Å²) in [5, 5.41) is 10.9. The number of pyridine rings is 2. The second-order valence-corrected chi connectivity index (χ2v) is 6.73. The second-order valence-electron chi connectivity index (χ2n) is 6.73. The summed E-state index contributed by atoms with van der Waals surface area (Å²) >= 11 is 0. The number of benzene rings is 1. The number of carbonyl (C=O) groups excluding carboxylic acids is 2. The van der Waals surface area contributed by atoms with Crippen LogP contribution in [0.2, 0.25) is 0 Å². The van der Waals surface area contributed by atoms with Gasteiger partial charge in [0.05, 0.1) is 11.6 Å². The van der Waals surface area contributed by atoms with Crippen molar-refractivity contribution in [3.63, 3.8) is 0 Å². The maximum Gasteiger partial charge on any atom is 0.573 e. The monoisotopic (exact) mass is 441 g/mol. The first kappa shape index (κ1) is 21.0. The number of hydrogen-bond acceptors (Lipinski definition) is 6. The van der Waals surface area contributed by atoms with Crippen LogP contribution in [-0.4, -0.2) is 33.1 Å². The molecular formula is C22H14F3N3O4. The Hall–Kier alpha value is -4.21. The molecule has 32 heavy (non-hydrogen) atoms. The molecule has 3 heterocycles. The van der Waals surface area contributed by atoms with E-state index in [-0.39, 0.29) is 16.8 Å². The fraction of sp³-hybridized carbons (Fsp3) is 0.0909. The van der Waals surface area contributed by atoms with Gasteiger partial charge in [-0.25, -0.2) is 0 Å². The lowest BCUT2D eigenvalue weighted by Crippen LogP contribution is -2.29. The minimum atomic E-state index is -4.87. The van der Waals surface area contributed by atoms with Crippen molar-refractivity contribution in [2.45, 2.75) is 12.4 Å². The first-order valence-electron chi connectivity index (χ1n) is 9.23. The lowest BCUT2D eigenvalue weighted by atomic mass is 9.96. The molecular weight excluding hydrogens is 427 g/mol. The van der Waals surface area contributed by atoms with Gasteiger partial charge < -0.3 is 9.84 Å². The summed E-state index contributed by atoms with van der Waals surface area (Å²) < 4.78 is 41.3. The van der Waals surface area contributed by atoms with Gasteiger partial charge in [-0.3, -0.25) is 24.5 Å². The van der Waals surface area contributed by atoms with Crippen molar-refractivity contribution in [1.82, 2.24) is 9.97 Å². The van der Waals surface area contributed by atoms with Gasteiger partial charge in [0.1, 0.15) is 11.5 Å². The summed E-state index contributed by atoms with van der Waals surface area (Å²) in [7, 11) is 0. The number of amides is 1. The molecule has 1 amide bonds. The molecule has 1 fully saturated rings. The largest absolute Gasteiger partial charge is 0.573 e. The van der Waals surface area contributed by atoms with Gasteiger partial charge in [0.15, 0.2) is 0 Å². The van der Waals surface area contributed by atoms with Crippen molar-refractivity contribution in [2.24, 2.45) is 0 Å². The van der Waals surface area contributed by atoms with Crippen molar-refractivity contribution >= 4 is 23.1 Å². The van der Waals surface area contributed by atoms with E-state index in [4.69, 9.17) is 0 Å². The molecule has 0 radical (unpaired) electrons. The molecule has 2 aromatic heterocycles. The molecule has 162 valence electrons. The van der Waals surface area contributed by atoms with Crippen molar-refractivity contribution in [1.29, 1.82) is 0 Å². The van der Waals surface area contributed by atoms with Crippen LogP contribution >= 0.6 is 0 Å². The Morgan fingerprint density at radius 2 is 1.47 bits per heavy atom. The Kier molecular flexibility index (Phi) is 5.35. The zero-order valence-corrected chi connectivity index (χ0v) is 16.2. The number of carbonyl (C=O) groups is 2. The van der Waals surface area contributed by atoms with Crippen LogP contribution in [0.15, 0.2) is 78.9 Å². The minimum Gasteiger partial charge on any atom is -0.507 e. The number of Topliss-reactive ketones (excluding diaryl/α,β-unsaturated/α-hetero) is 1. The van der Waals surface area contributed by atoms with E-state index in [1.165, 1.54) is 49.1 Å². The fourth-order valence-electron chi connectivity index (χ4n) is 3.43. The second kappa shape index (κ2) is 8.14. The number of ether oxygens (including phenoxy) is 1. The number of nitrogens with zero attached hydrogens (tertiary/aromatic N) is 3. The molecule has 1 aromatic carbocycles. The normalized spacial score (nSPS) is 18.1. The first-order valence-corrected chi connectivity index (χ1v) is 9.23. The van der Waals surface area contributed by atoms with Crippen molar-refractivity contribution < 1.29 is 32.6 Å². The van der Waals surface area contributed by atoms with Crippen LogP contribution in [0.1, 0.15) is 17.2 Å². The molecule has 0 saturated carbocycles. The van der Waals surface area contributed by atoms with E-state index in [9.17, 15) is 27.9 Å². The molecule has 1 N–H and O–H groups in total. The summed E-state index contributed by atoms with van der Waals surface area (Å²) in [4.78, 5) is 34.8. The molecule has 1 saturated heterocycles. The van der Waals surface area contributed by atoms with E-state index in [1.807, 2.05) is 0 Å². The van der Waals surface area contributed by atoms with Gasteiger partial charge in [0.25, 0.3) is 11.7 Å². The van der Waals surface area contributed by atoms with Crippen LogP contribution in [0.3, 0.4) is 0 Å². The molecule has 0 spiro atoms. The highest BCUT2D eigenvalue weighted by Crippen LogP contribution is 2.42. The maximum absolute atomic E-state index is 12.9. The predicted octanol–water partition coefficient (Wildman–Crippen LogP) is 4.00. The third-order valence-electron chi connectivity index (χ3n) is 4.77. The first-order chi connectivity index (χ1) is 15.3. The highest BCUT2D eigenvalue weighted by molar-refractivity contribution is 6.51. The van der Waals surface area contributed by atoms with E-state index >= 15 is 0 Å². The summed E-state index contributed by atoms with van der Waals surface area (Å²) in [5.41, 5.74) is 0.747. The van der Waals surface area contributed by atoms with Crippen LogP contribution in [0.25, 0.3) is 5.76 Å². The molecule has 7 nitrogen and oxygen atoms in total. The summed E-state index contributed by atoms with van der Waals surface area (Å²) in [6, 6.07) is 9.61. The van der Waals surface area contributed by atoms with Gasteiger partial charge in [0.2, 0.25) is 0 Å². The van der Waals surface area contributed by atoms with Crippen LogP contribution in [-0.2, 0) is 9.59 Å². The standard InChI is InChI=1S/C22H14F3N3O4/c23-22(24,25)32-16-3-1-15(2-4-16)28-18(13-5-9-26-10-6-13)17(20(30)21(28)31)19(29)14-7-11-27-12-8-14/h1-12,18,29H/b19-17-. The highest BCUT2D eigenvalue weighted by Gasteiger charge is 2.47. The lowest BCUT2D eigenvalue weighted by molar-refractivity contribution is -0.274. The number of anilines is 1. The maximum atomic E-state index is 12.9. The molecule has 10 heteroatoms. The number of aliphatic hydroxyl groups is 1. The topological polar surface area (TPSA) is 92.6 Å². The Bertz CT molecular complexity index is 1180. The van der Waals surface area contributed by atoms with Crippen molar-refractivity contribution in [3.05, 3.63) is 90.0 Å². The number of hydrogen-bond donors (Lipinski definition) is 1. The molecule has 1 atom stereocenters. The average Bonchev–Trinajstić information content (AvgIpc) is 3.05. The van der Waals surface area contributed by atoms with Crippen LogP contribution < -0.4 is 9.64 Å². The summed E-state index contributed by atoms with van der Waals surface area (Å²) in [6.07, 6.45) is 0.898. The Balaban J connectivity index is 1.83. The third-order valence-corrected chi connectivity index (χ3v) is 4.77. The number of aliphatic hydroxyl groups excluding tert-OH is 1. The SMILES string of the molecule is O=C1C(=O)N(c2ccc(OC(F)(F)F)cc2)C(c2ccncc2)/C1=C(/O)c1ccncc1. The molecule has 4 rings (SSSR count). The number of alkyl halides is 3. The predicted molar refractivity (Wildman–Crippen MR) is 106 cm³/mol. The van der Waals surface area contributed by atoms with E-state index in [2.05, 4.69) is 14.7 Å². The Labute approximate surface area is 179 Å². The smallest absolute Gasteiger partial charge is 0.507 e. The Morgan fingerprint density at radius 3 is 2.03 bits per heavy atom.